The van der Waals surface area contributed by atoms with E-state index >= 15 is 0 Å². The summed E-state index contributed by atoms with van der Waals surface area (Å²) >= 11 is 3.15. The molecule has 0 amide bonds. The lowest BCUT2D eigenvalue weighted by Crippen LogP contribution is -2.09. The van der Waals surface area contributed by atoms with Crippen molar-refractivity contribution in [2.45, 2.75) is 6.61 Å². The molecule has 20 heavy (non-hydrogen) atoms. The maximum absolute atomic E-state index is 11.5. The molecule has 2 rings (SSSR count). The Morgan fingerprint density at radius 3 is 2.60 bits per heavy atom. The van der Waals surface area contributed by atoms with Crippen molar-refractivity contribution in [2.24, 2.45) is 0 Å². The van der Waals surface area contributed by atoms with Gasteiger partial charge >= 0.3 is 5.97 Å². The summed E-state index contributed by atoms with van der Waals surface area (Å²) in [5.74, 6) is 0.0640. The average molecular weight is 340 g/mol. The molecule has 2 heterocycles. The summed E-state index contributed by atoms with van der Waals surface area (Å²) in [7, 11) is 0. The van der Waals surface area contributed by atoms with Crippen LogP contribution in [0, 0.1) is 0 Å². The van der Waals surface area contributed by atoms with Crippen LogP contribution in [-0.2, 0) is 16.1 Å². The van der Waals surface area contributed by atoms with Gasteiger partial charge in [0.05, 0.1) is 0 Å². The fourth-order valence-electron chi connectivity index (χ4n) is 1.27. The van der Waals surface area contributed by atoms with Gasteiger partial charge in [-0.15, -0.1) is 0 Å². The second-order valence-corrected chi connectivity index (χ2v) is 4.33. The molecule has 0 fully saturated rings. The number of halogens is 1. The van der Waals surface area contributed by atoms with Crippen molar-refractivity contribution in [1.82, 2.24) is 15.0 Å². The highest BCUT2D eigenvalue weighted by Gasteiger charge is 2.05. The number of carbonyl (C=O) groups excluding carboxylic acids is 1. The Balaban J connectivity index is 1.90. The molecule has 9 heteroatoms. The third-order valence-corrected chi connectivity index (χ3v) is 2.46. The number of carbonyl (C=O) groups is 1. The highest BCUT2D eigenvalue weighted by atomic mass is 79.9. The Kier molecular flexibility index (Phi) is 4.31. The number of nitrogens with two attached hydrogens (primary N) is 2. The molecular formula is C11H10BrN5O3. The molecule has 0 saturated heterocycles. The highest BCUT2D eigenvalue weighted by molar-refractivity contribution is 9.10. The molecule has 0 aliphatic rings. The van der Waals surface area contributed by atoms with Crippen molar-refractivity contribution in [3.05, 3.63) is 34.5 Å². The standard InChI is InChI=1S/C11H10BrN5O3/c12-7-3-1-6(20-7)2-4-9(18)19-5-8-15-10(13)17-11(14)16-8/h1-4H,5H2,(H4,13,14,15,16,17)/b4-2+. The van der Waals surface area contributed by atoms with Gasteiger partial charge in [-0.05, 0) is 34.1 Å². The highest BCUT2D eigenvalue weighted by Crippen LogP contribution is 2.15. The van der Waals surface area contributed by atoms with Gasteiger partial charge in [-0.3, -0.25) is 0 Å². The van der Waals surface area contributed by atoms with Crippen molar-refractivity contribution in [3.63, 3.8) is 0 Å². The van der Waals surface area contributed by atoms with Crippen molar-refractivity contribution < 1.29 is 13.9 Å². The number of ether oxygens (including phenoxy) is 1. The van der Waals surface area contributed by atoms with E-state index in [2.05, 4.69) is 30.9 Å². The van der Waals surface area contributed by atoms with E-state index in [0.29, 0.717) is 10.4 Å². The van der Waals surface area contributed by atoms with E-state index in [0.717, 1.165) is 0 Å². The molecule has 4 N–H and O–H groups in total. The van der Waals surface area contributed by atoms with Gasteiger partial charge in [0.1, 0.15) is 5.76 Å². The maximum atomic E-state index is 11.5. The van der Waals surface area contributed by atoms with Crippen molar-refractivity contribution in [1.29, 1.82) is 0 Å². The molecular weight excluding hydrogens is 330 g/mol. The van der Waals surface area contributed by atoms with Crippen LogP contribution in [0.2, 0.25) is 0 Å². The first-order chi connectivity index (χ1) is 9.52. The molecule has 0 aliphatic carbocycles. The van der Waals surface area contributed by atoms with Crippen molar-refractivity contribution >= 4 is 39.9 Å². The second-order valence-electron chi connectivity index (χ2n) is 3.55. The van der Waals surface area contributed by atoms with E-state index in [1.54, 1.807) is 12.1 Å². The lowest BCUT2D eigenvalue weighted by molar-refractivity contribution is -0.139. The molecule has 0 radical (unpaired) electrons. The molecule has 0 aliphatic heterocycles. The van der Waals surface area contributed by atoms with Gasteiger partial charge in [-0.1, -0.05) is 0 Å². The first kappa shape index (κ1) is 14.0. The molecule has 0 aromatic carbocycles. The Hall–Kier alpha value is -2.42. The smallest absolute Gasteiger partial charge is 0.331 e. The van der Waals surface area contributed by atoms with Gasteiger partial charge in [0.2, 0.25) is 11.9 Å². The normalized spacial score (nSPS) is 10.8. The number of aromatic nitrogens is 3. The number of nitrogens with zero attached hydrogens (tertiary/aromatic N) is 3. The van der Waals surface area contributed by atoms with E-state index in [4.69, 9.17) is 20.6 Å². The fraction of sp³-hybridized carbons (Fsp3) is 0.0909. The molecule has 0 spiro atoms. The predicted octanol–water partition coefficient (Wildman–Crippen LogP) is 1.15. The van der Waals surface area contributed by atoms with Gasteiger partial charge in [0.15, 0.2) is 17.1 Å². The first-order valence-electron chi connectivity index (χ1n) is 5.39. The van der Waals surface area contributed by atoms with E-state index in [-0.39, 0.29) is 24.3 Å². The van der Waals surface area contributed by atoms with Crippen LogP contribution in [0.1, 0.15) is 11.6 Å². The number of hydrogen-bond donors (Lipinski definition) is 2. The zero-order chi connectivity index (χ0) is 14.5. The van der Waals surface area contributed by atoms with Crippen molar-refractivity contribution in [2.75, 3.05) is 11.5 Å². The molecule has 2 aromatic heterocycles. The molecule has 2 aromatic rings. The summed E-state index contributed by atoms with van der Waals surface area (Å²) in [6.45, 7) is -0.151. The topological polar surface area (TPSA) is 130 Å². The Morgan fingerprint density at radius 2 is 2.00 bits per heavy atom. The quantitative estimate of drug-likeness (QED) is 0.626. The second kappa shape index (κ2) is 6.15. The van der Waals surface area contributed by atoms with Crippen LogP contribution in [0.25, 0.3) is 6.08 Å². The summed E-state index contributed by atoms with van der Waals surface area (Å²) in [6.07, 6.45) is 2.70. The van der Waals surface area contributed by atoms with Gasteiger partial charge in [0.25, 0.3) is 0 Å². The lowest BCUT2D eigenvalue weighted by atomic mass is 10.4. The molecule has 8 nitrogen and oxygen atoms in total. The maximum Gasteiger partial charge on any atom is 0.331 e. The van der Waals surface area contributed by atoms with Crippen LogP contribution in [0.3, 0.4) is 0 Å². The number of nitrogen functional groups attached to an aromatic ring is 2. The van der Waals surface area contributed by atoms with E-state index < -0.39 is 5.97 Å². The van der Waals surface area contributed by atoms with Crippen molar-refractivity contribution in [3.8, 4) is 0 Å². The average Bonchev–Trinajstić information content (AvgIpc) is 2.79. The van der Waals surface area contributed by atoms with Crippen LogP contribution in [-0.4, -0.2) is 20.9 Å². The zero-order valence-corrected chi connectivity index (χ0v) is 11.7. The largest absolute Gasteiger partial charge is 0.454 e. The number of furan rings is 1. The Labute approximate surface area is 122 Å². The number of esters is 1. The summed E-state index contributed by atoms with van der Waals surface area (Å²) in [5.41, 5.74) is 10.8. The third-order valence-electron chi connectivity index (χ3n) is 2.04. The summed E-state index contributed by atoms with van der Waals surface area (Å²) in [4.78, 5) is 22.6. The lowest BCUT2D eigenvalue weighted by Gasteiger charge is -2.02. The van der Waals surface area contributed by atoms with Crippen LogP contribution < -0.4 is 11.5 Å². The summed E-state index contributed by atoms with van der Waals surface area (Å²) < 4.78 is 10.7. The fourth-order valence-corrected chi connectivity index (χ4v) is 1.59. The minimum absolute atomic E-state index is 0.0282. The third kappa shape index (κ3) is 4.05. The molecule has 0 bridgehead atoms. The molecule has 104 valence electrons. The van der Waals surface area contributed by atoms with Crippen LogP contribution in [0.5, 0.6) is 0 Å². The van der Waals surface area contributed by atoms with Gasteiger partial charge in [0, 0.05) is 6.08 Å². The zero-order valence-electron chi connectivity index (χ0n) is 10.1. The van der Waals surface area contributed by atoms with Crippen LogP contribution in [0.15, 0.2) is 27.3 Å². The van der Waals surface area contributed by atoms with E-state index in [9.17, 15) is 4.79 Å². The number of rotatable bonds is 4. The number of hydrogen-bond acceptors (Lipinski definition) is 8. The van der Waals surface area contributed by atoms with Gasteiger partial charge in [-0.25, -0.2) is 4.79 Å². The van der Waals surface area contributed by atoms with E-state index in [1.807, 2.05) is 0 Å². The minimum Gasteiger partial charge on any atom is -0.454 e. The van der Waals surface area contributed by atoms with Crippen LogP contribution >= 0.6 is 15.9 Å². The monoisotopic (exact) mass is 339 g/mol. The van der Waals surface area contributed by atoms with Gasteiger partial charge < -0.3 is 20.6 Å². The Bertz CT molecular complexity index is 635. The number of anilines is 2. The SMILES string of the molecule is Nc1nc(N)nc(COC(=O)/C=C/c2ccc(Br)o2)n1. The van der Waals surface area contributed by atoms with Gasteiger partial charge in [-0.2, -0.15) is 15.0 Å². The Morgan fingerprint density at radius 1 is 1.30 bits per heavy atom. The summed E-state index contributed by atoms with van der Waals surface area (Å²) in [5, 5.41) is 0. The predicted molar refractivity (Wildman–Crippen MR) is 73.9 cm³/mol. The molecule has 0 atom stereocenters. The minimum atomic E-state index is -0.574. The molecule has 0 unspecified atom stereocenters. The molecule has 0 saturated carbocycles. The van der Waals surface area contributed by atoms with E-state index in [1.165, 1.54) is 12.2 Å². The first-order valence-corrected chi connectivity index (χ1v) is 6.18. The van der Waals surface area contributed by atoms with Crippen LogP contribution in [0.4, 0.5) is 11.9 Å². The summed E-state index contributed by atoms with van der Waals surface area (Å²) in [6, 6.07) is 3.41.